The van der Waals surface area contributed by atoms with E-state index < -0.39 is 6.43 Å². The summed E-state index contributed by atoms with van der Waals surface area (Å²) in [5.41, 5.74) is 6.10. The normalized spacial score (nSPS) is 11.9. The lowest BCUT2D eigenvalue weighted by atomic mass is 10.3. The second kappa shape index (κ2) is 5.24. The fourth-order valence-corrected chi connectivity index (χ4v) is 1.16. The number of hydrogen-bond acceptors (Lipinski definition) is 4. The van der Waals surface area contributed by atoms with Crippen molar-refractivity contribution in [1.82, 2.24) is 4.98 Å². The van der Waals surface area contributed by atoms with Gasteiger partial charge in [-0.25, -0.2) is 8.78 Å². The molecule has 1 heterocycles. The Morgan fingerprint density at radius 2 is 2.38 bits per heavy atom. The molecule has 0 spiro atoms. The van der Waals surface area contributed by atoms with E-state index in [9.17, 15) is 8.78 Å². The number of hydrogen-bond donors (Lipinski definition) is 2. The molecular formula is C9H12F2N4O. The largest absolute Gasteiger partial charge is 0.409 e. The van der Waals surface area contributed by atoms with Crippen molar-refractivity contribution in [3.63, 3.8) is 0 Å². The molecule has 7 heteroatoms. The number of pyridine rings is 1. The Labute approximate surface area is 91.2 Å². The molecule has 0 fully saturated rings. The van der Waals surface area contributed by atoms with Crippen molar-refractivity contribution < 1.29 is 14.0 Å². The van der Waals surface area contributed by atoms with E-state index in [0.29, 0.717) is 5.69 Å². The van der Waals surface area contributed by atoms with Gasteiger partial charge in [0.05, 0.1) is 6.54 Å². The summed E-state index contributed by atoms with van der Waals surface area (Å²) >= 11 is 0. The van der Waals surface area contributed by atoms with E-state index >= 15 is 0 Å². The first-order chi connectivity index (χ1) is 7.54. The third-order valence-electron chi connectivity index (χ3n) is 1.97. The van der Waals surface area contributed by atoms with Gasteiger partial charge in [-0.3, -0.25) is 4.98 Å². The summed E-state index contributed by atoms with van der Waals surface area (Å²) in [6.07, 6.45) is -1.02. The average Bonchev–Trinajstić information content (AvgIpc) is 2.27. The summed E-state index contributed by atoms with van der Waals surface area (Å²) in [6, 6.07) is 3.04. The molecule has 1 aromatic heterocycles. The minimum atomic E-state index is -2.43. The lowest BCUT2D eigenvalue weighted by Crippen LogP contribution is -2.24. The van der Waals surface area contributed by atoms with Gasteiger partial charge in [0.25, 0.3) is 6.43 Å². The van der Waals surface area contributed by atoms with Gasteiger partial charge in [0.1, 0.15) is 5.69 Å². The maximum absolute atomic E-state index is 12.2. The fourth-order valence-electron chi connectivity index (χ4n) is 1.16. The topological polar surface area (TPSA) is 74.7 Å². The number of aromatic nitrogens is 1. The van der Waals surface area contributed by atoms with Crippen LogP contribution in [-0.4, -0.2) is 36.0 Å². The number of amidine groups is 1. The van der Waals surface area contributed by atoms with Crippen LogP contribution in [0, 0.1) is 0 Å². The van der Waals surface area contributed by atoms with Crippen LogP contribution in [0.3, 0.4) is 0 Å². The summed E-state index contributed by atoms with van der Waals surface area (Å²) in [5.74, 6) is -0.160. The summed E-state index contributed by atoms with van der Waals surface area (Å²) in [4.78, 5) is 5.20. The molecule has 0 aliphatic heterocycles. The van der Waals surface area contributed by atoms with Gasteiger partial charge in [0, 0.05) is 18.9 Å². The Bertz CT molecular complexity index is 384. The van der Waals surface area contributed by atoms with Gasteiger partial charge in [-0.05, 0) is 12.1 Å². The number of oxime groups is 1. The van der Waals surface area contributed by atoms with Crippen molar-refractivity contribution in [2.75, 3.05) is 18.5 Å². The van der Waals surface area contributed by atoms with E-state index in [2.05, 4.69) is 10.1 Å². The van der Waals surface area contributed by atoms with Crippen molar-refractivity contribution in [3.05, 3.63) is 24.0 Å². The van der Waals surface area contributed by atoms with E-state index in [1.165, 1.54) is 24.2 Å². The van der Waals surface area contributed by atoms with Crippen LogP contribution < -0.4 is 10.6 Å². The number of alkyl halides is 2. The molecule has 0 radical (unpaired) electrons. The monoisotopic (exact) mass is 230 g/mol. The number of halogens is 2. The Morgan fingerprint density at radius 1 is 1.69 bits per heavy atom. The molecule has 16 heavy (non-hydrogen) atoms. The Hall–Kier alpha value is -1.92. The Morgan fingerprint density at radius 3 is 2.94 bits per heavy atom. The number of anilines is 1. The molecule has 0 saturated carbocycles. The van der Waals surface area contributed by atoms with Crippen molar-refractivity contribution >= 4 is 11.5 Å². The summed E-state index contributed by atoms with van der Waals surface area (Å²) in [5, 5.41) is 11.2. The molecule has 0 unspecified atom stereocenters. The first-order valence-electron chi connectivity index (χ1n) is 4.48. The second-order valence-electron chi connectivity index (χ2n) is 3.16. The third-order valence-corrected chi connectivity index (χ3v) is 1.97. The zero-order valence-electron chi connectivity index (χ0n) is 8.64. The first kappa shape index (κ1) is 12.2. The van der Waals surface area contributed by atoms with E-state index in [1.54, 1.807) is 6.07 Å². The van der Waals surface area contributed by atoms with Crippen LogP contribution in [-0.2, 0) is 0 Å². The fraction of sp³-hybridized carbons (Fsp3) is 0.333. The summed E-state index contributed by atoms with van der Waals surface area (Å²) < 4.78 is 24.3. The van der Waals surface area contributed by atoms with Gasteiger partial charge >= 0.3 is 0 Å². The highest BCUT2D eigenvalue weighted by molar-refractivity contribution is 5.95. The molecule has 0 aliphatic carbocycles. The first-order valence-corrected chi connectivity index (χ1v) is 4.48. The van der Waals surface area contributed by atoms with Gasteiger partial charge in [0.15, 0.2) is 5.84 Å². The van der Waals surface area contributed by atoms with Gasteiger partial charge < -0.3 is 15.8 Å². The lowest BCUT2D eigenvalue weighted by Gasteiger charge is -2.18. The molecule has 0 bridgehead atoms. The second-order valence-corrected chi connectivity index (χ2v) is 3.16. The van der Waals surface area contributed by atoms with Crippen LogP contribution in [0.15, 0.2) is 23.5 Å². The predicted molar refractivity (Wildman–Crippen MR) is 56.0 cm³/mol. The van der Waals surface area contributed by atoms with Gasteiger partial charge in [-0.2, -0.15) is 0 Å². The minimum Gasteiger partial charge on any atom is -0.409 e. The maximum atomic E-state index is 12.2. The molecular weight excluding hydrogens is 218 g/mol. The van der Waals surface area contributed by atoms with Crippen molar-refractivity contribution in [3.8, 4) is 0 Å². The summed E-state index contributed by atoms with van der Waals surface area (Å²) in [6.45, 7) is -0.389. The van der Waals surface area contributed by atoms with Crippen molar-refractivity contribution in [1.29, 1.82) is 0 Å². The van der Waals surface area contributed by atoms with Crippen LogP contribution in [0.4, 0.5) is 14.5 Å². The van der Waals surface area contributed by atoms with Crippen LogP contribution in [0.5, 0.6) is 0 Å². The number of nitrogens with zero attached hydrogens (tertiary/aromatic N) is 3. The minimum absolute atomic E-state index is 0.160. The third kappa shape index (κ3) is 3.04. The Kier molecular flexibility index (Phi) is 3.98. The molecule has 0 aromatic carbocycles. The number of rotatable bonds is 4. The maximum Gasteiger partial charge on any atom is 0.255 e. The molecule has 88 valence electrons. The standard InChI is InChI=1S/C9H12F2N4O/c1-15(5-8(10)11)6-2-3-13-7(4-6)9(12)14-16/h2-4,8,16H,5H2,1H3,(H2,12,14). The van der Waals surface area contributed by atoms with Gasteiger partial charge in [-0.1, -0.05) is 5.16 Å². The van der Waals surface area contributed by atoms with Crippen LogP contribution in [0.1, 0.15) is 5.69 Å². The Balaban J connectivity index is 2.90. The summed E-state index contributed by atoms with van der Waals surface area (Å²) in [7, 11) is 1.53. The molecule has 0 saturated heterocycles. The molecule has 1 rings (SSSR count). The predicted octanol–water partition coefficient (Wildman–Crippen LogP) is 0.877. The highest BCUT2D eigenvalue weighted by Gasteiger charge is 2.10. The van der Waals surface area contributed by atoms with Gasteiger partial charge in [-0.15, -0.1) is 0 Å². The van der Waals surface area contributed by atoms with Crippen LogP contribution >= 0.6 is 0 Å². The highest BCUT2D eigenvalue weighted by Crippen LogP contribution is 2.13. The number of nitrogens with two attached hydrogens (primary N) is 1. The molecule has 5 nitrogen and oxygen atoms in total. The van der Waals surface area contributed by atoms with Crippen LogP contribution in [0.25, 0.3) is 0 Å². The quantitative estimate of drug-likeness (QED) is 0.348. The zero-order valence-corrected chi connectivity index (χ0v) is 8.64. The molecule has 3 N–H and O–H groups in total. The lowest BCUT2D eigenvalue weighted by molar-refractivity contribution is 0.156. The van der Waals surface area contributed by atoms with E-state index in [0.717, 1.165) is 0 Å². The van der Waals surface area contributed by atoms with E-state index in [1.807, 2.05) is 0 Å². The zero-order chi connectivity index (χ0) is 12.1. The highest BCUT2D eigenvalue weighted by atomic mass is 19.3. The van der Waals surface area contributed by atoms with Crippen molar-refractivity contribution in [2.24, 2.45) is 10.9 Å². The SMILES string of the molecule is CN(CC(F)F)c1ccnc(/C(N)=N/O)c1. The average molecular weight is 230 g/mol. The molecule has 0 amide bonds. The molecule has 1 aromatic rings. The molecule has 0 atom stereocenters. The van der Waals surface area contributed by atoms with Crippen LogP contribution in [0.2, 0.25) is 0 Å². The van der Waals surface area contributed by atoms with E-state index in [4.69, 9.17) is 10.9 Å². The van der Waals surface area contributed by atoms with Crippen molar-refractivity contribution in [2.45, 2.75) is 6.43 Å². The van der Waals surface area contributed by atoms with Gasteiger partial charge in [0.2, 0.25) is 0 Å². The smallest absolute Gasteiger partial charge is 0.255 e. The molecule has 0 aliphatic rings. The van der Waals surface area contributed by atoms with E-state index in [-0.39, 0.29) is 18.1 Å².